The predicted octanol–water partition coefficient (Wildman–Crippen LogP) is 4.18. The molecule has 32 heavy (non-hydrogen) atoms. The molecule has 1 unspecified atom stereocenters. The number of amides is 2. The van der Waals surface area contributed by atoms with Crippen molar-refractivity contribution in [2.75, 3.05) is 18.4 Å². The number of carbonyl (C=O) groups is 2. The molecule has 1 aromatic heterocycles. The third kappa shape index (κ3) is 4.40. The van der Waals surface area contributed by atoms with Gasteiger partial charge in [0.15, 0.2) is 0 Å². The summed E-state index contributed by atoms with van der Waals surface area (Å²) in [6.45, 7) is 2.23. The number of piperidine rings is 1. The Hall–Kier alpha value is -3.15. The van der Waals surface area contributed by atoms with E-state index in [4.69, 9.17) is 4.98 Å². The highest BCUT2D eigenvalue weighted by Gasteiger charge is 2.28. The number of imidazole rings is 1. The number of fused-ring (bicyclic) bond motifs is 3. The summed E-state index contributed by atoms with van der Waals surface area (Å²) in [4.78, 5) is 32.4. The zero-order valence-electron chi connectivity index (χ0n) is 18.4. The van der Waals surface area contributed by atoms with Crippen LogP contribution in [0.5, 0.6) is 0 Å². The summed E-state index contributed by atoms with van der Waals surface area (Å²) in [5.74, 6) is 1.05. The second-order valence-corrected chi connectivity index (χ2v) is 9.02. The van der Waals surface area contributed by atoms with Crippen molar-refractivity contribution in [2.45, 2.75) is 51.5 Å². The minimum atomic E-state index is -0.183. The van der Waals surface area contributed by atoms with Crippen LogP contribution in [0.4, 0.5) is 5.69 Å². The lowest BCUT2D eigenvalue weighted by Crippen LogP contribution is -2.44. The van der Waals surface area contributed by atoms with E-state index in [1.165, 1.54) is 19.3 Å². The molecule has 1 atom stereocenters. The van der Waals surface area contributed by atoms with Crippen LogP contribution < -0.4 is 5.32 Å². The average Bonchev–Trinajstić information content (AvgIpc) is 2.99. The Morgan fingerprint density at radius 3 is 2.75 bits per heavy atom. The molecule has 2 aliphatic heterocycles. The molecule has 1 saturated heterocycles. The molecule has 2 aromatic carbocycles. The molecule has 6 nitrogen and oxygen atoms in total. The topological polar surface area (TPSA) is 67.2 Å². The molecule has 1 N–H and O–H groups in total. The second kappa shape index (κ2) is 9.15. The molecule has 1 fully saturated rings. The quantitative estimate of drug-likeness (QED) is 0.675. The summed E-state index contributed by atoms with van der Waals surface area (Å²) in [6.07, 6.45) is 6.70. The maximum atomic E-state index is 13.0. The fourth-order valence-electron chi connectivity index (χ4n) is 4.97. The van der Waals surface area contributed by atoms with E-state index >= 15 is 0 Å². The number of anilines is 1. The number of carbonyl (C=O) groups excluding carboxylic acids is 2. The van der Waals surface area contributed by atoms with Crippen LogP contribution >= 0.6 is 0 Å². The predicted molar refractivity (Wildman–Crippen MR) is 125 cm³/mol. The number of benzene rings is 2. The van der Waals surface area contributed by atoms with Crippen molar-refractivity contribution in [3.63, 3.8) is 0 Å². The van der Waals surface area contributed by atoms with Gasteiger partial charge in [-0.1, -0.05) is 36.8 Å². The van der Waals surface area contributed by atoms with Crippen LogP contribution in [0.1, 0.15) is 43.5 Å². The van der Waals surface area contributed by atoms with Crippen molar-refractivity contribution < 1.29 is 9.59 Å². The van der Waals surface area contributed by atoms with Gasteiger partial charge >= 0.3 is 0 Å². The van der Waals surface area contributed by atoms with Crippen LogP contribution in [0.15, 0.2) is 48.5 Å². The van der Waals surface area contributed by atoms with E-state index < -0.39 is 0 Å². The number of nitrogens with one attached hydrogen (secondary N) is 1. The third-order valence-corrected chi connectivity index (χ3v) is 6.72. The van der Waals surface area contributed by atoms with Gasteiger partial charge in [0, 0.05) is 31.7 Å². The number of aromatic nitrogens is 2. The molecule has 3 aromatic rings. The summed E-state index contributed by atoms with van der Waals surface area (Å²) in [6, 6.07) is 15.8. The van der Waals surface area contributed by atoms with Crippen molar-refractivity contribution >= 4 is 28.5 Å². The highest BCUT2D eigenvalue weighted by Crippen LogP contribution is 2.25. The Bertz CT molecular complexity index is 1120. The molecule has 6 heteroatoms. The monoisotopic (exact) mass is 430 g/mol. The standard InChI is InChI=1S/C26H30N4O2/c31-25(16-19-8-3-1-4-9-19)29-14-7-10-20(18-29)26(32)27-21-12-13-23-22(17-21)28-24-11-5-2-6-15-30(23)24/h1,3-4,8-9,12-13,17,20H,2,5-7,10-11,14-16,18H2,(H,27,32). The first-order chi connectivity index (χ1) is 15.7. The first-order valence-electron chi connectivity index (χ1n) is 11.8. The number of rotatable bonds is 4. The van der Waals surface area contributed by atoms with E-state index in [0.717, 1.165) is 60.5 Å². The molecule has 5 rings (SSSR count). The molecule has 0 spiro atoms. The Morgan fingerprint density at radius 1 is 1.00 bits per heavy atom. The highest BCUT2D eigenvalue weighted by atomic mass is 16.2. The van der Waals surface area contributed by atoms with E-state index in [1.807, 2.05) is 47.4 Å². The van der Waals surface area contributed by atoms with Gasteiger partial charge in [-0.05, 0) is 49.4 Å². The van der Waals surface area contributed by atoms with Crippen LogP contribution in [0, 0.1) is 5.92 Å². The Morgan fingerprint density at radius 2 is 1.88 bits per heavy atom. The highest BCUT2D eigenvalue weighted by molar-refractivity contribution is 5.95. The maximum Gasteiger partial charge on any atom is 0.229 e. The van der Waals surface area contributed by atoms with Gasteiger partial charge in [0.25, 0.3) is 0 Å². The molecule has 0 radical (unpaired) electrons. The zero-order valence-corrected chi connectivity index (χ0v) is 18.4. The van der Waals surface area contributed by atoms with Crippen LogP contribution in [0.25, 0.3) is 11.0 Å². The number of aryl methyl sites for hydroxylation is 2. The van der Waals surface area contributed by atoms with Crippen molar-refractivity contribution in [1.29, 1.82) is 0 Å². The van der Waals surface area contributed by atoms with Gasteiger partial charge < -0.3 is 14.8 Å². The molecule has 166 valence electrons. The Labute approximate surface area is 188 Å². The van der Waals surface area contributed by atoms with E-state index in [2.05, 4.69) is 16.0 Å². The fraction of sp³-hybridized carbons (Fsp3) is 0.423. The Kier molecular flexibility index (Phi) is 5.93. The van der Waals surface area contributed by atoms with Gasteiger partial charge in [0.1, 0.15) is 5.82 Å². The number of hydrogen-bond donors (Lipinski definition) is 1. The van der Waals surface area contributed by atoms with E-state index in [-0.39, 0.29) is 17.7 Å². The van der Waals surface area contributed by atoms with E-state index in [9.17, 15) is 9.59 Å². The molecule has 2 aliphatic rings. The summed E-state index contributed by atoms with van der Waals surface area (Å²) in [5, 5.41) is 3.08. The molecule has 0 bridgehead atoms. The van der Waals surface area contributed by atoms with Crippen LogP contribution in [-0.2, 0) is 29.0 Å². The molecule has 0 aliphatic carbocycles. The van der Waals surface area contributed by atoms with Crippen molar-refractivity contribution in [3.8, 4) is 0 Å². The number of likely N-dealkylation sites (tertiary alicyclic amines) is 1. The summed E-state index contributed by atoms with van der Waals surface area (Å²) < 4.78 is 2.32. The summed E-state index contributed by atoms with van der Waals surface area (Å²) in [5.41, 5.74) is 3.89. The van der Waals surface area contributed by atoms with Gasteiger partial charge in [-0.2, -0.15) is 0 Å². The molecule has 3 heterocycles. The minimum Gasteiger partial charge on any atom is -0.342 e. The lowest BCUT2D eigenvalue weighted by atomic mass is 9.96. The first-order valence-corrected chi connectivity index (χ1v) is 11.8. The normalized spacial score (nSPS) is 18.8. The second-order valence-electron chi connectivity index (χ2n) is 9.02. The van der Waals surface area contributed by atoms with Crippen molar-refractivity contribution in [2.24, 2.45) is 5.92 Å². The van der Waals surface area contributed by atoms with Crippen molar-refractivity contribution in [3.05, 3.63) is 59.9 Å². The van der Waals surface area contributed by atoms with E-state index in [0.29, 0.717) is 13.0 Å². The summed E-state index contributed by atoms with van der Waals surface area (Å²) in [7, 11) is 0. The molecule has 0 saturated carbocycles. The van der Waals surface area contributed by atoms with Gasteiger partial charge in [-0.3, -0.25) is 9.59 Å². The van der Waals surface area contributed by atoms with Gasteiger partial charge in [-0.15, -0.1) is 0 Å². The van der Waals surface area contributed by atoms with Crippen LogP contribution in [-0.4, -0.2) is 39.4 Å². The molecular weight excluding hydrogens is 400 g/mol. The lowest BCUT2D eigenvalue weighted by Gasteiger charge is -2.32. The number of nitrogens with zero attached hydrogens (tertiary/aromatic N) is 3. The Balaban J connectivity index is 1.24. The minimum absolute atomic E-state index is 0.0117. The SMILES string of the molecule is O=C(Nc1ccc2c(c1)nc1n2CCCCC1)C1CCCN(C(=O)Cc2ccccc2)C1. The van der Waals surface area contributed by atoms with Gasteiger partial charge in [0.05, 0.1) is 23.4 Å². The molecule has 2 amide bonds. The van der Waals surface area contributed by atoms with Crippen molar-refractivity contribution in [1.82, 2.24) is 14.5 Å². The summed E-state index contributed by atoms with van der Waals surface area (Å²) >= 11 is 0. The average molecular weight is 431 g/mol. The van der Waals surface area contributed by atoms with Gasteiger partial charge in [0.2, 0.25) is 11.8 Å². The van der Waals surface area contributed by atoms with Crippen LogP contribution in [0.2, 0.25) is 0 Å². The first kappa shape index (κ1) is 20.7. The number of hydrogen-bond acceptors (Lipinski definition) is 3. The third-order valence-electron chi connectivity index (χ3n) is 6.72. The lowest BCUT2D eigenvalue weighted by molar-refractivity contribution is -0.133. The van der Waals surface area contributed by atoms with Crippen LogP contribution in [0.3, 0.4) is 0 Å². The fourth-order valence-corrected chi connectivity index (χ4v) is 4.97. The van der Waals surface area contributed by atoms with E-state index in [1.54, 1.807) is 0 Å². The maximum absolute atomic E-state index is 13.0. The van der Waals surface area contributed by atoms with Gasteiger partial charge in [-0.25, -0.2) is 4.98 Å². The molecular formula is C26H30N4O2. The largest absolute Gasteiger partial charge is 0.342 e. The zero-order chi connectivity index (χ0) is 21.9. The smallest absolute Gasteiger partial charge is 0.229 e.